The number of benzene rings is 2. The number of halogens is 2. The number of hydrogen-bond donors (Lipinski definition) is 0. The van der Waals surface area contributed by atoms with Crippen LogP contribution >= 0.6 is 39.9 Å². The molecule has 160 valence electrons. The van der Waals surface area contributed by atoms with Crippen molar-refractivity contribution in [3.05, 3.63) is 63.7 Å². The summed E-state index contributed by atoms with van der Waals surface area (Å²) in [6, 6.07) is 15.8. The standard InChI is InChI=1S/C22H24ClN3O2S.BrH/c1-27-20-8-6-19(7-9-20)24-22-26(11-10-25-12-14-28-15-13-25)21(16-29-22)17-2-4-18(23)5-3-17;/h2-9,16H,10-15H2,1H3;1H. The van der Waals surface area contributed by atoms with Crippen molar-refractivity contribution in [1.82, 2.24) is 9.47 Å². The maximum absolute atomic E-state index is 6.09. The zero-order valence-electron chi connectivity index (χ0n) is 16.8. The molecule has 0 N–H and O–H groups in total. The first-order chi connectivity index (χ1) is 14.2. The molecule has 0 spiro atoms. The molecule has 1 aromatic heterocycles. The van der Waals surface area contributed by atoms with E-state index >= 15 is 0 Å². The molecule has 2 heterocycles. The molecule has 0 radical (unpaired) electrons. The number of methoxy groups -OCH3 is 1. The van der Waals surface area contributed by atoms with Crippen molar-refractivity contribution < 1.29 is 9.47 Å². The van der Waals surface area contributed by atoms with Gasteiger partial charge in [-0.25, -0.2) is 4.99 Å². The van der Waals surface area contributed by atoms with Crippen LogP contribution in [0.4, 0.5) is 5.69 Å². The number of hydrogen-bond acceptors (Lipinski definition) is 5. The van der Waals surface area contributed by atoms with Gasteiger partial charge >= 0.3 is 0 Å². The van der Waals surface area contributed by atoms with Gasteiger partial charge in [-0.05, 0) is 42.0 Å². The highest BCUT2D eigenvalue weighted by Crippen LogP contribution is 2.23. The second kappa shape index (κ2) is 11.1. The maximum Gasteiger partial charge on any atom is 0.190 e. The third-order valence-corrected chi connectivity index (χ3v) is 6.09. The molecule has 0 bridgehead atoms. The molecule has 5 nitrogen and oxygen atoms in total. The van der Waals surface area contributed by atoms with Gasteiger partial charge in [0.2, 0.25) is 0 Å². The van der Waals surface area contributed by atoms with Crippen LogP contribution in [0.2, 0.25) is 5.02 Å². The van der Waals surface area contributed by atoms with Gasteiger partial charge in [-0.1, -0.05) is 23.7 Å². The van der Waals surface area contributed by atoms with Gasteiger partial charge in [-0.3, -0.25) is 4.90 Å². The molecule has 1 aliphatic heterocycles. The van der Waals surface area contributed by atoms with Crippen molar-refractivity contribution >= 4 is 45.6 Å². The Kier molecular flexibility index (Phi) is 8.53. The predicted molar refractivity (Wildman–Crippen MR) is 129 cm³/mol. The van der Waals surface area contributed by atoms with E-state index in [9.17, 15) is 0 Å². The van der Waals surface area contributed by atoms with E-state index in [-0.39, 0.29) is 17.0 Å². The summed E-state index contributed by atoms with van der Waals surface area (Å²) in [5.74, 6) is 0.831. The molecule has 30 heavy (non-hydrogen) atoms. The molecule has 1 fully saturated rings. The average molecular weight is 511 g/mol. The molecule has 8 heteroatoms. The van der Waals surface area contributed by atoms with Crippen molar-refractivity contribution in [3.63, 3.8) is 0 Å². The van der Waals surface area contributed by atoms with E-state index in [4.69, 9.17) is 26.1 Å². The summed E-state index contributed by atoms with van der Waals surface area (Å²) in [4.78, 5) is 8.32. The predicted octanol–water partition coefficient (Wildman–Crippen LogP) is 5.02. The average Bonchev–Trinajstić information content (AvgIpc) is 3.16. The smallest absolute Gasteiger partial charge is 0.190 e. The van der Waals surface area contributed by atoms with Crippen LogP contribution in [-0.2, 0) is 11.3 Å². The first-order valence-corrected chi connectivity index (χ1v) is 10.9. The van der Waals surface area contributed by atoms with Gasteiger partial charge in [-0.15, -0.1) is 28.3 Å². The van der Waals surface area contributed by atoms with Gasteiger partial charge < -0.3 is 14.0 Å². The van der Waals surface area contributed by atoms with Gasteiger partial charge in [-0.2, -0.15) is 0 Å². The lowest BCUT2D eigenvalue weighted by Crippen LogP contribution is -2.39. The Morgan fingerprint density at radius 2 is 1.73 bits per heavy atom. The molecule has 0 amide bonds. The molecule has 3 aromatic rings. The zero-order chi connectivity index (χ0) is 20.1. The number of ether oxygens (including phenoxy) is 2. The Hall–Kier alpha value is -1.64. The quantitative estimate of drug-likeness (QED) is 0.467. The number of nitrogens with zero attached hydrogens (tertiary/aromatic N) is 3. The molecule has 0 saturated carbocycles. The van der Waals surface area contributed by atoms with E-state index in [2.05, 4.69) is 27.0 Å². The SMILES string of the molecule is Br.COc1ccc(N=c2scc(-c3ccc(Cl)cc3)n2CCN2CCOCC2)cc1. The van der Waals surface area contributed by atoms with Crippen LogP contribution in [0.25, 0.3) is 11.3 Å². The van der Waals surface area contributed by atoms with Crippen LogP contribution in [-0.4, -0.2) is 49.4 Å². The Bertz CT molecular complexity index is 996. The fourth-order valence-electron chi connectivity index (χ4n) is 3.32. The van der Waals surface area contributed by atoms with Crippen LogP contribution in [0.1, 0.15) is 0 Å². The molecule has 2 aromatic carbocycles. The summed E-state index contributed by atoms with van der Waals surface area (Å²) in [6.45, 7) is 5.41. The first-order valence-electron chi connectivity index (χ1n) is 9.66. The minimum Gasteiger partial charge on any atom is -0.497 e. The topological polar surface area (TPSA) is 39.0 Å². The van der Waals surface area contributed by atoms with Gasteiger partial charge in [0.25, 0.3) is 0 Å². The fourth-order valence-corrected chi connectivity index (χ4v) is 4.40. The van der Waals surface area contributed by atoms with Crippen molar-refractivity contribution in [2.45, 2.75) is 6.54 Å². The Morgan fingerprint density at radius 3 is 2.40 bits per heavy atom. The van der Waals surface area contributed by atoms with Crippen LogP contribution < -0.4 is 9.54 Å². The molecule has 0 unspecified atom stereocenters. The minimum atomic E-state index is 0. The van der Waals surface area contributed by atoms with Crippen molar-refractivity contribution in [1.29, 1.82) is 0 Å². The lowest BCUT2D eigenvalue weighted by Gasteiger charge is -2.26. The number of morpholine rings is 1. The third-order valence-electron chi connectivity index (χ3n) is 4.98. The second-order valence-electron chi connectivity index (χ2n) is 6.83. The number of thiazole rings is 1. The fraction of sp³-hybridized carbons (Fsp3) is 0.318. The maximum atomic E-state index is 6.09. The summed E-state index contributed by atoms with van der Waals surface area (Å²) in [6.07, 6.45) is 0. The van der Waals surface area contributed by atoms with E-state index in [0.717, 1.165) is 71.9 Å². The lowest BCUT2D eigenvalue weighted by molar-refractivity contribution is 0.0363. The van der Waals surface area contributed by atoms with Gasteiger partial charge in [0.15, 0.2) is 4.80 Å². The zero-order valence-corrected chi connectivity index (χ0v) is 20.1. The summed E-state index contributed by atoms with van der Waals surface area (Å²) in [5.41, 5.74) is 3.21. The van der Waals surface area contributed by atoms with E-state index in [0.29, 0.717) is 0 Å². The summed E-state index contributed by atoms with van der Waals surface area (Å²) >= 11 is 7.74. The van der Waals surface area contributed by atoms with Crippen LogP contribution in [0.5, 0.6) is 5.75 Å². The van der Waals surface area contributed by atoms with Gasteiger partial charge in [0.1, 0.15) is 5.75 Å². The Balaban J connectivity index is 0.00000256. The summed E-state index contributed by atoms with van der Waals surface area (Å²) < 4.78 is 13.0. The third kappa shape index (κ3) is 5.74. The second-order valence-corrected chi connectivity index (χ2v) is 8.10. The molecular formula is C22H25BrClN3O2S. The van der Waals surface area contributed by atoms with Crippen LogP contribution in [0.3, 0.4) is 0 Å². The molecule has 0 atom stereocenters. The van der Waals surface area contributed by atoms with Crippen LogP contribution in [0.15, 0.2) is 58.9 Å². The number of rotatable bonds is 6. The van der Waals surface area contributed by atoms with Crippen molar-refractivity contribution in [2.75, 3.05) is 40.0 Å². The normalized spacial score (nSPS) is 15.1. The van der Waals surface area contributed by atoms with E-state index < -0.39 is 0 Å². The van der Waals surface area contributed by atoms with Gasteiger partial charge in [0.05, 0.1) is 31.7 Å². The van der Waals surface area contributed by atoms with E-state index in [1.807, 2.05) is 36.4 Å². The highest BCUT2D eigenvalue weighted by atomic mass is 79.9. The van der Waals surface area contributed by atoms with Crippen LogP contribution in [0, 0.1) is 0 Å². The van der Waals surface area contributed by atoms with Gasteiger partial charge in [0, 0.05) is 36.6 Å². The molecule has 4 rings (SSSR count). The highest BCUT2D eigenvalue weighted by molar-refractivity contribution is 8.93. The Morgan fingerprint density at radius 1 is 1.03 bits per heavy atom. The summed E-state index contributed by atoms with van der Waals surface area (Å²) in [7, 11) is 1.67. The highest BCUT2D eigenvalue weighted by Gasteiger charge is 2.13. The lowest BCUT2D eigenvalue weighted by atomic mass is 10.2. The molecule has 1 aliphatic rings. The Labute approximate surface area is 196 Å². The van der Waals surface area contributed by atoms with Crippen molar-refractivity contribution in [3.8, 4) is 17.0 Å². The van der Waals surface area contributed by atoms with Crippen molar-refractivity contribution in [2.24, 2.45) is 4.99 Å². The summed E-state index contributed by atoms with van der Waals surface area (Å²) in [5, 5.41) is 2.91. The minimum absolute atomic E-state index is 0. The molecule has 1 saturated heterocycles. The first kappa shape index (κ1) is 23.0. The molecular weight excluding hydrogens is 486 g/mol. The largest absolute Gasteiger partial charge is 0.497 e. The number of aromatic nitrogens is 1. The van der Waals surface area contributed by atoms with E-state index in [1.54, 1.807) is 18.4 Å². The monoisotopic (exact) mass is 509 g/mol. The van der Waals surface area contributed by atoms with E-state index in [1.165, 1.54) is 0 Å². The molecule has 0 aliphatic carbocycles.